The summed E-state index contributed by atoms with van der Waals surface area (Å²) in [6.45, 7) is 6.53. The Kier molecular flexibility index (Phi) is 57.8. The smallest absolute Gasteiger partial charge is 0.306 e. The molecule has 6 nitrogen and oxygen atoms in total. The van der Waals surface area contributed by atoms with Crippen molar-refractivity contribution >= 4 is 17.9 Å². The van der Waals surface area contributed by atoms with Gasteiger partial charge in [0.15, 0.2) is 6.10 Å². The molecule has 0 aromatic carbocycles. The van der Waals surface area contributed by atoms with Crippen molar-refractivity contribution in [3.63, 3.8) is 0 Å². The molecule has 0 saturated carbocycles. The monoisotopic (exact) mass is 1010 g/mol. The van der Waals surface area contributed by atoms with Crippen LogP contribution in [0.3, 0.4) is 0 Å². The zero-order valence-electron chi connectivity index (χ0n) is 47.9. The molecule has 0 amide bonds. The fraction of sp³-hybridized carbons (Fsp3) is 0.716. The van der Waals surface area contributed by atoms with Gasteiger partial charge in [0.05, 0.1) is 0 Å². The minimum absolute atomic E-state index is 0.0956. The largest absolute Gasteiger partial charge is 0.462 e. The van der Waals surface area contributed by atoms with Crippen LogP contribution < -0.4 is 0 Å². The fourth-order valence-electron chi connectivity index (χ4n) is 8.52. The van der Waals surface area contributed by atoms with Gasteiger partial charge in [-0.05, 0) is 89.9 Å². The molecule has 0 aliphatic rings. The topological polar surface area (TPSA) is 78.9 Å². The predicted molar refractivity (Wildman–Crippen MR) is 316 cm³/mol. The first kappa shape index (κ1) is 69.3. The first-order valence-corrected chi connectivity index (χ1v) is 30.8. The highest BCUT2D eigenvalue weighted by atomic mass is 16.6. The lowest BCUT2D eigenvalue weighted by Crippen LogP contribution is -2.30. The number of carbonyl (C=O) groups excluding carboxylic acids is 3. The molecule has 0 spiro atoms. The summed E-state index contributed by atoms with van der Waals surface area (Å²) in [5.74, 6) is -0.933. The maximum absolute atomic E-state index is 12.9. The van der Waals surface area contributed by atoms with E-state index in [9.17, 15) is 14.4 Å². The molecule has 0 aromatic heterocycles. The number of unbranched alkanes of at least 4 members (excludes halogenated alkanes) is 33. The molecule has 0 saturated heterocycles. The van der Waals surface area contributed by atoms with E-state index in [0.717, 1.165) is 103 Å². The van der Waals surface area contributed by atoms with Crippen molar-refractivity contribution in [3.05, 3.63) is 97.2 Å². The van der Waals surface area contributed by atoms with Gasteiger partial charge in [0.25, 0.3) is 0 Å². The van der Waals surface area contributed by atoms with E-state index < -0.39 is 6.10 Å². The molecule has 6 heteroatoms. The molecule has 1 unspecified atom stereocenters. The Balaban J connectivity index is 4.47. The Morgan fingerprint density at radius 2 is 0.534 bits per heavy atom. The molecule has 0 aliphatic carbocycles. The average Bonchev–Trinajstić information content (AvgIpc) is 3.39. The zero-order valence-corrected chi connectivity index (χ0v) is 47.9. The summed E-state index contributed by atoms with van der Waals surface area (Å²) < 4.78 is 16.9. The van der Waals surface area contributed by atoms with Gasteiger partial charge in [-0.25, -0.2) is 0 Å². The van der Waals surface area contributed by atoms with Gasteiger partial charge in [-0.15, -0.1) is 0 Å². The van der Waals surface area contributed by atoms with E-state index in [1.54, 1.807) is 0 Å². The lowest BCUT2D eigenvalue weighted by Gasteiger charge is -2.18. The molecule has 0 rings (SSSR count). The Labute approximate surface area is 451 Å². The van der Waals surface area contributed by atoms with Gasteiger partial charge in [-0.3, -0.25) is 14.4 Å². The van der Waals surface area contributed by atoms with Crippen LogP contribution in [0.15, 0.2) is 97.2 Å². The van der Waals surface area contributed by atoms with E-state index in [1.807, 2.05) is 24.3 Å². The third-order valence-electron chi connectivity index (χ3n) is 13.2. The average molecular weight is 1020 g/mol. The van der Waals surface area contributed by atoms with E-state index in [0.29, 0.717) is 19.3 Å². The summed E-state index contributed by atoms with van der Waals surface area (Å²) in [7, 11) is 0. The van der Waals surface area contributed by atoms with Crippen LogP contribution in [0.1, 0.15) is 290 Å². The SMILES string of the molecule is CCC\C=C/C=C\C=C/C=C\C=C/CCCCCCCC(=O)OC(COC(=O)CCCCCCC/C=C\C=C/CCCCCCCCC)COC(=O)CCCCCCCCC/C=C\CCCCCCCCCC. The van der Waals surface area contributed by atoms with Crippen LogP contribution in [-0.4, -0.2) is 37.2 Å². The minimum Gasteiger partial charge on any atom is -0.462 e. The number of esters is 3. The standard InChI is InChI=1S/C67H114O6/c1-4-7-10-13-16-19-22-25-28-31-34-37-39-42-45-48-51-54-57-60-66(69)72-63-64(73-67(70)61-58-55-52-49-46-43-40-36-33-30-27-24-21-18-15-12-9-6-3)62-71-65(68)59-56-53-50-47-44-41-38-35-32-29-26-23-20-17-14-11-8-5-2/h12,15,18,21,24,27,29-36,38,40,64H,4-11,13-14,16-17,19-20,22-23,25-26,28,37,39,41-63H2,1-3H3/b15-12-,21-18-,27-24-,32-29-,33-30-,34-31-,38-35-,40-36-. The van der Waals surface area contributed by atoms with Crippen molar-refractivity contribution in [1.29, 1.82) is 0 Å². The summed E-state index contributed by atoms with van der Waals surface area (Å²) in [6, 6.07) is 0. The first-order chi connectivity index (χ1) is 36.0. The number of ether oxygens (including phenoxy) is 3. The maximum atomic E-state index is 12.9. The quantitative estimate of drug-likeness (QED) is 0.0199. The molecule has 0 bridgehead atoms. The number of allylic oxidation sites excluding steroid dienone is 16. The third-order valence-corrected chi connectivity index (χ3v) is 13.2. The lowest BCUT2D eigenvalue weighted by atomic mass is 10.1. The summed E-state index contributed by atoms with van der Waals surface area (Å²) in [4.78, 5) is 38.3. The van der Waals surface area contributed by atoms with Gasteiger partial charge < -0.3 is 14.2 Å². The van der Waals surface area contributed by atoms with E-state index >= 15 is 0 Å². The summed E-state index contributed by atoms with van der Waals surface area (Å²) >= 11 is 0. The van der Waals surface area contributed by atoms with E-state index in [-0.39, 0.29) is 31.1 Å². The second-order valence-electron chi connectivity index (χ2n) is 20.4. The van der Waals surface area contributed by atoms with Crippen LogP contribution in [-0.2, 0) is 28.6 Å². The first-order valence-electron chi connectivity index (χ1n) is 30.8. The molecule has 0 radical (unpaired) electrons. The molecule has 418 valence electrons. The van der Waals surface area contributed by atoms with E-state index in [2.05, 4.69) is 93.7 Å². The van der Waals surface area contributed by atoms with Crippen molar-refractivity contribution in [2.24, 2.45) is 0 Å². The Hall–Kier alpha value is -3.67. The van der Waals surface area contributed by atoms with Gasteiger partial charge in [0, 0.05) is 19.3 Å². The minimum atomic E-state index is -0.802. The molecule has 73 heavy (non-hydrogen) atoms. The molecule has 0 aliphatic heterocycles. The van der Waals surface area contributed by atoms with Crippen molar-refractivity contribution < 1.29 is 28.6 Å². The van der Waals surface area contributed by atoms with Gasteiger partial charge in [0.2, 0.25) is 0 Å². The van der Waals surface area contributed by atoms with Gasteiger partial charge in [0.1, 0.15) is 13.2 Å². The van der Waals surface area contributed by atoms with E-state index in [4.69, 9.17) is 14.2 Å². The molecular weight excluding hydrogens is 901 g/mol. The Bertz CT molecular complexity index is 1440. The second kappa shape index (κ2) is 60.9. The molecule has 0 aromatic rings. The highest BCUT2D eigenvalue weighted by molar-refractivity contribution is 5.71. The number of rotatable bonds is 55. The molecule has 0 heterocycles. The molecule has 0 fully saturated rings. The Morgan fingerprint density at radius 3 is 0.877 bits per heavy atom. The summed E-state index contributed by atoms with van der Waals surface area (Å²) in [5, 5.41) is 0. The van der Waals surface area contributed by atoms with Gasteiger partial charge in [-0.2, -0.15) is 0 Å². The number of carbonyl (C=O) groups is 3. The van der Waals surface area contributed by atoms with Crippen molar-refractivity contribution in [3.8, 4) is 0 Å². The molecule has 0 N–H and O–H groups in total. The van der Waals surface area contributed by atoms with Crippen LogP contribution in [0, 0.1) is 0 Å². The lowest BCUT2D eigenvalue weighted by molar-refractivity contribution is -0.167. The van der Waals surface area contributed by atoms with Crippen molar-refractivity contribution in [1.82, 2.24) is 0 Å². The second-order valence-corrected chi connectivity index (χ2v) is 20.4. The van der Waals surface area contributed by atoms with Crippen LogP contribution in [0.5, 0.6) is 0 Å². The predicted octanol–water partition coefficient (Wildman–Crippen LogP) is 20.9. The van der Waals surface area contributed by atoms with E-state index in [1.165, 1.54) is 148 Å². The zero-order chi connectivity index (χ0) is 52.9. The van der Waals surface area contributed by atoms with Crippen LogP contribution in [0.2, 0.25) is 0 Å². The summed E-state index contributed by atoms with van der Waals surface area (Å²) in [6.07, 6.45) is 81.1. The maximum Gasteiger partial charge on any atom is 0.306 e. The van der Waals surface area contributed by atoms with Crippen LogP contribution in [0.4, 0.5) is 0 Å². The number of hydrogen-bond acceptors (Lipinski definition) is 6. The Morgan fingerprint density at radius 1 is 0.274 bits per heavy atom. The summed E-state index contributed by atoms with van der Waals surface area (Å²) in [5.41, 5.74) is 0. The van der Waals surface area contributed by atoms with Crippen molar-refractivity contribution in [2.75, 3.05) is 13.2 Å². The van der Waals surface area contributed by atoms with Crippen molar-refractivity contribution in [2.45, 2.75) is 297 Å². The molecular formula is C67H114O6. The highest BCUT2D eigenvalue weighted by Crippen LogP contribution is 2.15. The fourth-order valence-corrected chi connectivity index (χ4v) is 8.52. The number of hydrogen-bond donors (Lipinski definition) is 0. The van der Waals surface area contributed by atoms with Gasteiger partial charge >= 0.3 is 17.9 Å². The van der Waals surface area contributed by atoms with Crippen LogP contribution in [0.25, 0.3) is 0 Å². The van der Waals surface area contributed by atoms with Crippen LogP contribution >= 0.6 is 0 Å². The van der Waals surface area contributed by atoms with Gasteiger partial charge in [-0.1, -0.05) is 279 Å². The molecule has 1 atom stereocenters. The third kappa shape index (κ3) is 59.1. The normalized spacial score (nSPS) is 12.8. The highest BCUT2D eigenvalue weighted by Gasteiger charge is 2.19.